The molecule has 0 aliphatic heterocycles. The standard InChI is InChI=1S/C20H16N3S2.HI/c1-22-16-6-3-4-7-17(16)23(2)20(22)14(13-21)12-15-9-10-19(25-15)18-8-5-11-24-18;/h3-12H,1-2H3;1H/q+1;/p-1/b14-12+;. The minimum atomic E-state index is 0. The Morgan fingerprint density at radius 3 is 2.62 bits per heavy atom. The van der Waals surface area contributed by atoms with Crippen LogP contribution in [0.4, 0.5) is 0 Å². The van der Waals surface area contributed by atoms with Crippen molar-refractivity contribution in [2.24, 2.45) is 14.1 Å². The summed E-state index contributed by atoms with van der Waals surface area (Å²) in [6, 6.07) is 19.0. The normalized spacial score (nSPS) is 11.3. The molecule has 1 aromatic carbocycles. The lowest BCUT2D eigenvalue weighted by Crippen LogP contribution is -3.00. The molecular formula is C20H16IN3S2. The maximum Gasteiger partial charge on any atom is 0.300 e. The van der Waals surface area contributed by atoms with Gasteiger partial charge in [-0.3, -0.25) is 0 Å². The van der Waals surface area contributed by atoms with Crippen LogP contribution in [0.25, 0.3) is 32.4 Å². The summed E-state index contributed by atoms with van der Waals surface area (Å²) in [7, 11) is 4.02. The van der Waals surface area contributed by atoms with Crippen LogP contribution in [0.3, 0.4) is 0 Å². The van der Waals surface area contributed by atoms with E-state index in [-0.39, 0.29) is 24.0 Å². The first-order valence-corrected chi connectivity index (χ1v) is 9.58. The van der Waals surface area contributed by atoms with Crippen LogP contribution in [0.5, 0.6) is 0 Å². The minimum Gasteiger partial charge on any atom is -1.00 e. The van der Waals surface area contributed by atoms with E-state index in [1.165, 1.54) is 9.75 Å². The van der Waals surface area contributed by atoms with E-state index >= 15 is 0 Å². The Morgan fingerprint density at radius 1 is 1.12 bits per heavy atom. The van der Waals surface area contributed by atoms with Crippen molar-refractivity contribution in [1.82, 2.24) is 4.57 Å². The molecule has 26 heavy (non-hydrogen) atoms. The Morgan fingerprint density at radius 2 is 1.92 bits per heavy atom. The number of hydrogen-bond acceptors (Lipinski definition) is 3. The highest BCUT2D eigenvalue weighted by Gasteiger charge is 2.23. The fourth-order valence-electron chi connectivity index (χ4n) is 3.12. The number of halogens is 1. The zero-order chi connectivity index (χ0) is 17.4. The van der Waals surface area contributed by atoms with Gasteiger partial charge in [0, 0.05) is 14.6 Å². The van der Waals surface area contributed by atoms with Gasteiger partial charge < -0.3 is 24.0 Å². The second-order valence-corrected chi connectivity index (χ2v) is 7.84. The van der Waals surface area contributed by atoms with Gasteiger partial charge in [-0.1, -0.05) is 18.2 Å². The van der Waals surface area contributed by atoms with Gasteiger partial charge in [0.1, 0.15) is 11.6 Å². The molecule has 3 nitrogen and oxygen atoms in total. The predicted octanol–water partition coefficient (Wildman–Crippen LogP) is 1.86. The van der Waals surface area contributed by atoms with Gasteiger partial charge in [0.15, 0.2) is 11.0 Å². The fraction of sp³-hybridized carbons (Fsp3) is 0.100. The number of fused-ring (bicyclic) bond motifs is 1. The van der Waals surface area contributed by atoms with Gasteiger partial charge in [-0.2, -0.15) is 5.26 Å². The van der Waals surface area contributed by atoms with E-state index in [4.69, 9.17) is 0 Å². The number of rotatable bonds is 3. The maximum absolute atomic E-state index is 9.77. The molecule has 130 valence electrons. The molecule has 0 aliphatic rings. The largest absolute Gasteiger partial charge is 1.00 e. The van der Waals surface area contributed by atoms with Crippen LogP contribution >= 0.6 is 22.7 Å². The average Bonchev–Trinajstić information content (AvgIpc) is 3.35. The van der Waals surface area contributed by atoms with Crippen LogP contribution in [-0.2, 0) is 14.1 Å². The highest BCUT2D eigenvalue weighted by molar-refractivity contribution is 7.21. The zero-order valence-corrected chi connectivity index (χ0v) is 18.1. The topological polar surface area (TPSA) is 32.6 Å². The van der Waals surface area contributed by atoms with Crippen molar-refractivity contribution in [3.8, 4) is 15.8 Å². The second kappa shape index (κ2) is 7.74. The quantitative estimate of drug-likeness (QED) is 0.246. The minimum absolute atomic E-state index is 0. The van der Waals surface area contributed by atoms with Crippen molar-refractivity contribution in [1.29, 1.82) is 5.26 Å². The second-order valence-electron chi connectivity index (χ2n) is 5.78. The molecule has 0 saturated heterocycles. The van der Waals surface area contributed by atoms with Crippen LogP contribution in [0.1, 0.15) is 10.7 Å². The summed E-state index contributed by atoms with van der Waals surface area (Å²) in [5.74, 6) is 0.912. The maximum atomic E-state index is 9.77. The van der Waals surface area contributed by atoms with Crippen molar-refractivity contribution < 1.29 is 28.5 Å². The molecule has 0 N–H and O–H groups in total. The van der Waals surface area contributed by atoms with Gasteiger partial charge in [-0.05, 0) is 41.8 Å². The lowest BCUT2D eigenvalue weighted by molar-refractivity contribution is -0.648. The van der Waals surface area contributed by atoms with Gasteiger partial charge in [-0.25, -0.2) is 9.13 Å². The van der Waals surface area contributed by atoms with Crippen molar-refractivity contribution in [3.05, 3.63) is 64.6 Å². The number of allylic oxidation sites excluding steroid dienone is 1. The number of thiophene rings is 2. The number of para-hydroxylation sites is 2. The van der Waals surface area contributed by atoms with E-state index in [1.54, 1.807) is 22.7 Å². The molecule has 0 amide bonds. The Labute approximate surface area is 177 Å². The third-order valence-electron chi connectivity index (χ3n) is 4.28. The van der Waals surface area contributed by atoms with E-state index < -0.39 is 0 Å². The summed E-state index contributed by atoms with van der Waals surface area (Å²) >= 11 is 3.45. The molecule has 0 aliphatic carbocycles. The van der Waals surface area contributed by atoms with Gasteiger partial charge in [-0.15, -0.1) is 22.7 Å². The van der Waals surface area contributed by atoms with Crippen LogP contribution in [0, 0.1) is 11.3 Å². The lowest BCUT2D eigenvalue weighted by Gasteiger charge is -1.96. The van der Waals surface area contributed by atoms with Crippen LogP contribution in [0.15, 0.2) is 53.9 Å². The number of aromatic nitrogens is 2. The Kier molecular flexibility index (Phi) is 5.61. The number of benzene rings is 1. The third-order valence-corrected chi connectivity index (χ3v) is 6.38. The van der Waals surface area contributed by atoms with Crippen LogP contribution < -0.4 is 28.5 Å². The molecule has 4 rings (SSSR count). The number of nitriles is 1. The first-order chi connectivity index (χ1) is 12.2. The smallest absolute Gasteiger partial charge is 0.300 e. The van der Waals surface area contributed by atoms with E-state index in [0.29, 0.717) is 5.57 Å². The first kappa shape index (κ1) is 18.8. The molecule has 0 spiro atoms. The number of imidazole rings is 1. The van der Waals surface area contributed by atoms with Gasteiger partial charge in [0.2, 0.25) is 0 Å². The summed E-state index contributed by atoms with van der Waals surface area (Å²) in [6.45, 7) is 0. The van der Waals surface area contributed by atoms with E-state index in [1.807, 2.05) is 32.3 Å². The molecule has 3 heterocycles. The summed E-state index contributed by atoms with van der Waals surface area (Å²) < 4.78 is 4.16. The molecule has 0 bridgehead atoms. The lowest BCUT2D eigenvalue weighted by atomic mass is 10.2. The Balaban J connectivity index is 0.00000196. The van der Waals surface area contributed by atoms with Crippen LogP contribution in [-0.4, -0.2) is 4.57 Å². The van der Waals surface area contributed by atoms with Crippen molar-refractivity contribution >= 4 is 45.4 Å². The van der Waals surface area contributed by atoms with Crippen molar-refractivity contribution in [2.45, 2.75) is 0 Å². The molecule has 3 aromatic heterocycles. The zero-order valence-electron chi connectivity index (χ0n) is 14.3. The van der Waals surface area contributed by atoms with Crippen molar-refractivity contribution in [3.63, 3.8) is 0 Å². The van der Waals surface area contributed by atoms with E-state index in [9.17, 15) is 5.26 Å². The van der Waals surface area contributed by atoms with Crippen LogP contribution in [0.2, 0.25) is 0 Å². The fourth-order valence-corrected chi connectivity index (χ4v) is 4.90. The van der Waals surface area contributed by atoms with E-state index in [0.717, 1.165) is 21.7 Å². The predicted molar refractivity (Wildman–Crippen MR) is 105 cm³/mol. The molecular weight excluding hydrogens is 473 g/mol. The monoisotopic (exact) mass is 489 g/mol. The molecule has 0 saturated carbocycles. The third kappa shape index (κ3) is 3.22. The highest BCUT2D eigenvalue weighted by atomic mass is 127. The Bertz CT molecular complexity index is 1090. The van der Waals surface area contributed by atoms with Gasteiger partial charge in [0.25, 0.3) is 5.82 Å². The summed E-state index contributed by atoms with van der Waals surface area (Å²) in [4.78, 5) is 3.59. The highest BCUT2D eigenvalue weighted by Crippen LogP contribution is 2.33. The van der Waals surface area contributed by atoms with Gasteiger partial charge in [0.05, 0.1) is 14.1 Å². The van der Waals surface area contributed by atoms with E-state index in [2.05, 4.69) is 57.0 Å². The first-order valence-electron chi connectivity index (χ1n) is 7.88. The molecule has 0 fully saturated rings. The molecule has 0 radical (unpaired) electrons. The summed E-state index contributed by atoms with van der Waals surface area (Å²) in [5.41, 5.74) is 2.90. The SMILES string of the molecule is Cn1c(/C(C#N)=C/c2ccc(-c3cccs3)s2)[n+](C)c2ccccc21.[I-]. The van der Waals surface area contributed by atoms with Crippen molar-refractivity contribution in [2.75, 3.05) is 0 Å². The van der Waals surface area contributed by atoms with Gasteiger partial charge >= 0.3 is 0 Å². The number of aryl methyl sites for hydroxylation is 2. The molecule has 0 unspecified atom stereocenters. The Hall–Kier alpha value is -1.95. The molecule has 6 heteroatoms. The molecule has 4 aromatic rings. The molecule has 0 atom stereocenters. The number of hydrogen-bond donors (Lipinski definition) is 0. The number of nitrogens with zero attached hydrogens (tertiary/aromatic N) is 3. The summed E-state index contributed by atoms with van der Waals surface area (Å²) in [6.07, 6.45) is 1.98. The average molecular weight is 489 g/mol. The summed E-state index contributed by atoms with van der Waals surface area (Å²) in [5, 5.41) is 11.9.